The zero-order chi connectivity index (χ0) is 19.2. The first-order valence-corrected chi connectivity index (χ1v) is 9.29. The van der Waals surface area contributed by atoms with Crippen molar-refractivity contribution >= 4 is 11.8 Å². The molecule has 0 bridgehead atoms. The minimum atomic E-state index is -0.830. The van der Waals surface area contributed by atoms with Crippen molar-refractivity contribution in [3.63, 3.8) is 0 Å². The molecule has 0 spiro atoms. The molecule has 1 aliphatic rings. The Morgan fingerprint density at radius 1 is 1.19 bits per heavy atom. The second kappa shape index (κ2) is 13.1. The van der Waals surface area contributed by atoms with Gasteiger partial charge in [0.05, 0.1) is 6.10 Å². The van der Waals surface area contributed by atoms with Gasteiger partial charge in [-0.3, -0.25) is 9.59 Å². The van der Waals surface area contributed by atoms with Crippen molar-refractivity contribution in [1.82, 2.24) is 0 Å². The first-order valence-electron chi connectivity index (χ1n) is 9.29. The Balaban J connectivity index is 2.41. The van der Waals surface area contributed by atoms with E-state index in [9.17, 15) is 14.7 Å². The van der Waals surface area contributed by atoms with E-state index in [0.29, 0.717) is 12.8 Å². The third kappa shape index (κ3) is 9.33. The van der Waals surface area contributed by atoms with Crippen LogP contribution in [0.15, 0.2) is 60.8 Å². The summed E-state index contributed by atoms with van der Waals surface area (Å²) >= 11 is 0. The smallest absolute Gasteiger partial charge is 0.303 e. The maximum absolute atomic E-state index is 12.0. The highest BCUT2D eigenvalue weighted by Crippen LogP contribution is 2.27. The molecule has 0 radical (unpaired) electrons. The normalized spacial score (nSPS) is 21.8. The predicted molar refractivity (Wildman–Crippen MR) is 105 cm³/mol. The topological polar surface area (TPSA) is 74.6 Å². The number of aliphatic hydroxyl groups excluding tert-OH is 1. The summed E-state index contributed by atoms with van der Waals surface area (Å²) in [7, 11) is 0. The summed E-state index contributed by atoms with van der Waals surface area (Å²) in [6.07, 6.45) is 22.1. The standard InChI is InChI=1S/C22H30O4/c1-2-3-4-5-6-8-11-18-14-17-21(24)20(18)16-15-19(23)12-9-7-10-13-22(25)26/h3-4,6-9,14-20,23H,2,5,10-13H2,1H3,(H,25,26)/b4-3-,8-6-,9-7-,16-15+/t18-,19+,20+/m1/s1. The summed E-state index contributed by atoms with van der Waals surface area (Å²) in [6, 6.07) is 0. The fourth-order valence-electron chi connectivity index (χ4n) is 2.70. The highest BCUT2D eigenvalue weighted by atomic mass is 16.4. The van der Waals surface area contributed by atoms with Crippen molar-refractivity contribution in [3.8, 4) is 0 Å². The number of carbonyl (C=O) groups excluding carboxylic acids is 1. The summed E-state index contributed by atoms with van der Waals surface area (Å²) in [4.78, 5) is 22.4. The number of carbonyl (C=O) groups is 2. The van der Waals surface area contributed by atoms with E-state index in [2.05, 4.69) is 31.2 Å². The van der Waals surface area contributed by atoms with Gasteiger partial charge in [-0.2, -0.15) is 0 Å². The van der Waals surface area contributed by atoms with E-state index in [0.717, 1.165) is 19.3 Å². The Labute approximate surface area is 156 Å². The van der Waals surface area contributed by atoms with Crippen LogP contribution in [0.2, 0.25) is 0 Å². The molecule has 0 heterocycles. The van der Waals surface area contributed by atoms with Gasteiger partial charge in [-0.05, 0) is 44.1 Å². The van der Waals surface area contributed by atoms with Gasteiger partial charge in [0.25, 0.3) is 0 Å². The molecule has 142 valence electrons. The second-order valence-corrected chi connectivity index (χ2v) is 6.37. The van der Waals surface area contributed by atoms with E-state index in [-0.39, 0.29) is 24.0 Å². The lowest BCUT2D eigenvalue weighted by molar-refractivity contribution is -0.136. The molecule has 4 heteroatoms. The Hall–Kier alpha value is -2.20. The first-order chi connectivity index (χ1) is 12.5. The van der Waals surface area contributed by atoms with Crippen LogP contribution < -0.4 is 0 Å². The number of hydrogen-bond acceptors (Lipinski definition) is 3. The van der Waals surface area contributed by atoms with Crippen molar-refractivity contribution in [2.75, 3.05) is 0 Å². The number of carboxylic acids is 1. The van der Waals surface area contributed by atoms with Crippen molar-refractivity contribution in [2.45, 2.75) is 51.6 Å². The van der Waals surface area contributed by atoms with Crippen LogP contribution in [-0.2, 0) is 9.59 Å². The minimum Gasteiger partial charge on any atom is -0.481 e. The number of aliphatic hydroxyl groups is 1. The van der Waals surface area contributed by atoms with Crippen LogP contribution in [0.1, 0.15) is 45.4 Å². The van der Waals surface area contributed by atoms with Gasteiger partial charge in [0.2, 0.25) is 0 Å². The number of aliphatic carboxylic acids is 1. The number of rotatable bonds is 12. The molecular formula is C22H30O4. The average molecular weight is 358 g/mol. The molecule has 0 aliphatic heterocycles. The van der Waals surface area contributed by atoms with Crippen LogP contribution in [0.25, 0.3) is 0 Å². The van der Waals surface area contributed by atoms with Crippen LogP contribution in [0.3, 0.4) is 0 Å². The average Bonchev–Trinajstić information content (AvgIpc) is 2.95. The van der Waals surface area contributed by atoms with Crippen molar-refractivity contribution in [1.29, 1.82) is 0 Å². The summed E-state index contributed by atoms with van der Waals surface area (Å²) in [5.41, 5.74) is 0. The van der Waals surface area contributed by atoms with Gasteiger partial charge >= 0.3 is 5.97 Å². The quantitative estimate of drug-likeness (QED) is 0.507. The molecule has 0 fully saturated rings. The van der Waals surface area contributed by atoms with Gasteiger partial charge in [0.1, 0.15) is 0 Å². The maximum Gasteiger partial charge on any atom is 0.303 e. The lowest BCUT2D eigenvalue weighted by Gasteiger charge is -2.13. The van der Waals surface area contributed by atoms with Gasteiger partial charge in [-0.25, -0.2) is 0 Å². The van der Waals surface area contributed by atoms with Crippen LogP contribution >= 0.6 is 0 Å². The van der Waals surface area contributed by atoms with E-state index >= 15 is 0 Å². The zero-order valence-electron chi connectivity index (χ0n) is 15.5. The summed E-state index contributed by atoms with van der Waals surface area (Å²) < 4.78 is 0. The van der Waals surface area contributed by atoms with Crippen molar-refractivity contribution in [2.24, 2.45) is 11.8 Å². The molecule has 0 unspecified atom stereocenters. The lowest BCUT2D eigenvalue weighted by atomic mass is 9.91. The maximum atomic E-state index is 12.0. The van der Waals surface area contributed by atoms with E-state index in [4.69, 9.17) is 5.11 Å². The highest BCUT2D eigenvalue weighted by molar-refractivity contribution is 5.95. The molecule has 1 aliphatic carbocycles. The largest absolute Gasteiger partial charge is 0.481 e. The van der Waals surface area contributed by atoms with Gasteiger partial charge in [0, 0.05) is 12.3 Å². The highest BCUT2D eigenvalue weighted by Gasteiger charge is 2.26. The molecule has 4 nitrogen and oxygen atoms in total. The van der Waals surface area contributed by atoms with Crippen LogP contribution in [0.4, 0.5) is 0 Å². The molecule has 26 heavy (non-hydrogen) atoms. The molecule has 3 atom stereocenters. The summed E-state index contributed by atoms with van der Waals surface area (Å²) in [5, 5.41) is 18.5. The Morgan fingerprint density at radius 3 is 2.69 bits per heavy atom. The van der Waals surface area contributed by atoms with Crippen LogP contribution in [-0.4, -0.2) is 28.1 Å². The van der Waals surface area contributed by atoms with Gasteiger partial charge < -0.3 is 10.2 Å². The third-order valence-electron chi connectivity index (χ3n) is 4.16. The minimum absolute atomic E-state index is 0.0785. The van der Waals surface area contributed by atoms with Gasteiger partial charge in [-0.1, -0.05) is 61.6 Å². The van der Waals surface area contributed by atoms with Crippen molar-refractivity contribution < 1.29 is 19.8 Å². The fourth-order valence-corrected chi connectivity index (χ4v) is 2.70. The van der Waals surface area contributed by atoms with E-state index in [1.807, 2.05) is 6.08 Å². The van der Waals surface area contributed by atoms with E-state index < -0.39 is 12.1 Å². The fraction of sp³-hybridized carbons (Fsp3) is 0.455. The SMILES string of the molecule is CC/C=C\C/C=C\C[C@@H]1C=CC(=O)[C@H]1/C=C/[C@@H](O)C/C=C\CCC(=O)O. The number of carboxylic acid groups (broad SMARTS) is 1. The molecule has 1 rings (SSSR count). The lowest BCUT2D eigenvalue weighted by Crippen LogP contribution is -2.14. The van der Waals surface area contributed by atoms with E-state index in [1.165, 1.54) is 0 Å². The zero-order valence-corrected chi connectivity index (χ0v) is 15.5. The summed E-state index contributed by atoms with van der Waals surface area (Å²) in [6.45, 7) is 2.10. The molecule has 0 aromatic heterocycles. The van der Waals surface area contributed by atoms with Gasteiger partial charge in [0.15, 0.2) is 5.78 Å². The summed E-state index contributed by atoms with van der Waals surface area (Å²) in [5.74, 6) is -0.821. The Kier molecular flexibility index (Phi) is 11.0. The van der Waals surface area contributed by atoms with Crippen LogP contribution in [0.5, 0.6) is 0 Å². The number of allylic oxidation sites excluding steroid dienone is 8. The molecule has 0 saturated carbocycles. The van der Waals surface area contributed by atoms with Crippen molar-refractivity contribution in [3.05, 3.63) is 60.8 Å². The molecule has 0 saturated heterocycles. The predicted octanol–water partition coefficient (Wildman–Crippen LogP) is 4.39. The number of ketones is 1. The second-order valence-electron chi connectivity index (χ2n) is 6.37. The third-order valence-corrected chi connectivity index (χ3v) is 4.16. The molecule has 2 N–H and O–H groups in total. The monoisotopic (exact) mass is 358 g/mol. The van der Waals surface area contributed by atoms with E-state index in [1.54, 1.807) is 30.4 Å². The molecule has 0 aromatic rings. The Morgan fingerprint density at radius 2 is 1.96 bits per heavy atom. The van der Waals surface area contributed by atoms with Gasteiger partial charge in [-0.15, -0.1) is 0 Å². The first kappa shape index (κ1) is 21.8. The number of hydrogen-bond donors (Lipinski definition) is 2. The molecule has 0 aromatic carbocycles. The Bertz CT molecular complexity index is 581. The molecule has 0 amide bonds. The van der Waals surface area contributed by atoms with Crippen LogP contribution in [0, 0.1) is 11.8 Å². The molecular weight excluding hydrogens is 328 g/mol.